The smallest absolute Gasteiger partial charge is 0.151 e. The summed E-state index contributed by atoms with van der Waals surface area (Å²) in [6.45, 7) is 0.207. The van der Waals surface area contributed by atoms with Crippen LogP contribution in [0, 0.1) is 0 Å². The molecule has 0 amide bonds. The lowest BCUT2D eigenvalue weighted by atomic mass is 9.97. The van der Waals surface area contributed by atoms with Gasteiger partial charge in [-0.2, -0.15) is 0 Å². The highest BCUT2D eigenvalue weighted by Crippen LogP contribution is 2.16. The second kappa shape index (κ2) is 4.64. The Bertz CT molecular complexity index is 168. The van der Waals surface area contributed by atoms with Crippen molar-refractivity contribution in [3.8, 4) is 0 Å². The quantitative estimate of drug-likeness (QED) is 0.299. The highest BCUT2D eigenvalue weighted by atomic mass is 16.4. The molecule has 0 bridgehead atoms. The Balaban J connectivity index is 4.51. The summed E-state index contributed by atoms with van der Waals surface area (Å²) in [5.74, 6) is 0. The van der Waals surface area contributed by atoms with Gasteiger partial charge in [0, 0.05) is 0 Å². The molecule has 0 aliphatic carbocycles. The van der Waals surface area contributed by atoms with Crippen LogP contribution in [-0.2, 0) is 4.79 Å². The third-order valence-electron chi connectivity index (χ3n) is 1.88. The topological polar surface area (TPSA) is 118 Å². The lowest BCUT2D eigenvalue weighted by molar-refractivity contribution is -0.173. The Morgan fingerprint density at radius 1 is 1.38 bits per heavy atom. The summed E-state index contributed by atoms with van der Waals surface area (Å²) in [5.41, 5.74) is -2.18. The standard InChI is InChI=1S/C7H14O6/c1-7(13,5(11)3-9)6(12)4(10)2-8/h3-6,8,10-13H,2H2,1H3/t4-,5+,6-,7-/m1/s1/i1+2. The molecule has 6 nitrogen and oxygen atoms in total. The molecule has 0 aromatic heterocycles. The van der Waals surface area contributed by atoms with Crippen molar-refractivity contribution in [1.82, 2.24) is 0 Å². The summed E-state index contributed by atoms with van der Waals surface area (Å²) in [6.07, 6.45) is -5.18. The maximum Gasteiger partial charge on any atom is 0.151 e. The highest BCUT2D eigenvalue weighted by Gasteiger charge is 2.41. The van der Waals surface area contributed by atoms with E-state index in [1.54, 1.807) is 0 Å². The Hall–Kier alpha value is -0.530. The van der Waals surface area contributed by atoms with Crippen LogP contribution in [0.4, 0.5) is 0 Å². The molecule has 5 N–H and O–H groups in total. The average molecular weight is 196 g/mol. The van der Waals surface area contributed by atoms with E-state index in [0.717, 1.165) is 6.92 Å². The zero-order chi connectivity index (χ0) is 10.6. The third-order valence-corrected chi connectivity index (χ3v) is 1.88. The number of carbonyl (C=O) groups excluding carboxylic acids is 1. The number of aldehydes is 1. The van der Waals surface area contributed by atoms with Gasteiger partial charge < -0.3 is 30.3 Å². The van der Waals surface area contributed by atoms with Crippen molar-refractivity contribution < 1.29 is 30.3 Å². The lowest BCUT2D eigenvalue weighted by Crippen LogP contribution is -2.56. The van der Waals surface area contributed by atoms with Crippen molar-refractivity contribution in [3.05, 3.63) is 0 Å². The molecule has 0 saturated carbocycles. The van der Waals surface area contributed by atoms with Crippen LogP contribution in [0.5, 0.6) is 0 Å². The first kappa shape index (κ1) is 12.5. The van der Waals surface area contributed by atoms with Gasteiger partial charge in [-0.3, -0.25) is 0 Å². The predicted molar refractivity (Wildman–Crippen MR) is 41.8 cm³/mol. The maximum atomic E-state index is 10.1. The molecule has 0 unspecified atom stereocenters. The average Bonchev–Trinajstić information content (AvgIpc) is 2.13. The number of hydrogen-bond donors (Lipinski definition) is 5. The van der Waals surface area contributed by atoms with Gasteiger partial charge in [0.1, 0.15) is 23.9 Å². The number of aliphatic hydroxyl groups is 5. The van der Waals surface area contributed by atoms with Crippen LogP contribution in [0.2, 0.25) is 0 Å². The highest BCUT2D eigenvalue weighted by molar-refractivity contribution is 5.58. The van der Waals surface area contributed by atoms with E-state index in [1.807, 2.05) is 0 Å². The maximum absolute atomic E-state index is 10.1. The second-order valence-electron chi connectivity index (χ2n) is 3.00. The van der Waals surface area contributed by atoms with Gasteiger partial charge in [0.05, 0.1) is 6.61 Å². The van der Waals surface area contributed by atoms with Crippen LogP contribution >= 0.6 is 0 Å². The molecular formula is C7H14O6. The van der Waals surface area contributed by atoms with E-state index in [0.29, 0.717) is 0 Å². The number of carbonyl (C=O) groups is 1. The lowest BCUT2D eigenvalue weighted by Gasteiger charge is -2.32. The van der Waals surface area contributed by atoms with Crippen molar-refractivity contribution in [1.29, 1.82) is 0 Å². The van der Waals surface area contributed by atoms with E-state index < -0.39 is 30.5 Å². The molecule has 6 heteroatoms. The monoisotopic (exact) mass is 196 g/mol. The van der Waals surface area contributed by atoms with Gasteiger partial charge in [-0.05, 0) is 6.92 Å². The SMILES string of the molecule is [14CH3][C@](O)([C@H](O)[C@H](O)CO)[C@@H](O)C=O. The van der Waals surface area contributed by atoms with Crippen molar-refractivity contribution >= 4 is 6.29 Å². The normalized spacial score (nSPS) is 22.9. The fourth-order valence-electron chi connectivity index (χ4n) is 0.802. The minimum Gasteiger partial charge on any atom is -0.394 e. The number of aliphatic hydroxyl groups excluding tert-OH is 4. The fourth-order valence-corrected chi connectivity index (χ4v) is 0.802. The molecule has 0 radical (unpaired) electrons. The number of hydrogen-bond acceptors (Lipinski definition) is 6. The Morgan fingerprint density at radius 2 is 1.85 bits per heavy atom. The first-order chi connectivity index (χ1) is 5.87. The summed E-state index contributed by atoms with van der Waals surface area (Å²) in [7, 11) is 0. The van der Waals surface area contributed by atoms with E-state index in [9.17, 15) is 9.90 Å². The van der Waals surface area contributed by atoms with E-state index in [-0.39, 0.29) is 6.29 Å². The molecule has 0 saturated heterocycles. The van der Waals surface area contributed by atoms with Gasteiger partial charge in [0.2, 0.25) is 0 Å². The van der Waals surface area contributed by atoms with Crippen LogP contribution < -0.4 is 0 Å². The van der Waals surface area contributed by atoms with Gasteiger partial charge in [-0.1, -0.05) is 0 Å². The first-order valence-electron chi connectivity index (χ1n) is 3.70. The zero-order valence-electron chi connectivity index (χ0n) is 7.16. The van der Waals surface area contributed by atoms with Gasteiger partial charge in [0.25, 0.3) is 0 Å². The van der Waals surface area contributed by atoms with Gasteiger partial charge in [-0.25, -0.2) is 0 Å². The summed E-state index contributed by atoms with van der Waals surface area (Å²) in [5, 5.41) is 44.8. The van der Waals surface area contributed by atoms with Crippen molar-refractivity contribution in [2.45, 2.75) is 30.8 Å². The van der Waals surface area contributed by atoms with Gasteiger partial charge >= 0.3 is 0 Å². The molecule has 0 fully saturated rings. The molecule has 0 aromatic carbocycles. The first-order valence-corrected chi connectivity index (χ1v) is 3.70. The summed E-state index contributed by atoms with van der Waals surface area (Å²) >= 11 is 0. The Morgan fingerprint density at radius 3 is 2.15 bits per heavy atom. The van der Waals surface area contributed by atoms with Crippen LogP contribution in [0.3, 0.4) is 0 Å². The van der Waals surface area contributed by atoms with Crippen molar-refractivity contribution in [3.63, 3.8) is 0 Å². The van der Waals surface area contributed by atoms with Crippen LogP contribution in [0.1, 0.15) is 6.92 Å². The largest absolute Gasteiger partial charge is 0.394 e. The molecule has 0 heterocycles. The summed E-state index contributed by atoms with van der Waals surface area (Å²) in [6, 6.07) is 0. The molecular weight excluding hydrogens is 182 g/mol. The molecule has 4 atom stereocenters. The van der Waals surface area contributed by atoms with Crippen molar-refractivity contribution in [2.75, 3.05) is 6.61 Å². The summed E-state index contributed by atoms with van der Waals surface area (Å²) < 4.78 is 0. The Labute approximate surface area is 75.1 Å². The molecule has 78 valence electrons. The molecule has 0 rings (SSSR count). The van der Waals surface area contributed by atoms with E-state index in [1.165, 1.54) is 0 Å². The zero-order valence-corrected chi connectivity index (χ0v) is 7.16. The third kappa shape index (κ3) is 2.71. The predicted octanol–water partition coefficient (Wildman–Crippen LogP) is -2.99. The van der Waals surface area contributed by atoms with E-state index >= 15 is 0 Å². The minimum absolute atomic E-state index is 0.0350. The van der Waals surface area contributed by atoms with Crippen LogP contribution in [0.25, 0.3) is 0 Å². The van der Waals surface area contributed by atoms with Crippen LogP contribution in [0.15, 0.2) is 0 Å². The Kier molecular flexibility index (Phi) is 4.45. The van der Waals surface area contributed by atoms with Crippen molar-refractivity contribution in [2.24, 2.45) is 0 Å². The van der Waals surface area contributed by atoms with Gasteiger partial charge in [0.15, 0.2) is 6.29 Å². The van der Waals surface area contributed by atoms with E-state index in [2.05, 4.69) is 0 Å². The van der Waals surface area contributed by atoms with Gasteiger partial charge in [-0.15, -0.1) is 0 Å². The van der Waals surface area contributed by atoms with Crippen LogP contribution in [-0.4, -0.2) is 62.3 Å². The molecule has 13 heavy (non-hydrogen) atoms. The fraction of sp³-hybridized carbons (Fsp3) is 0.857. The molecule has 0 aliphatic heterocycles. The second-order valence-corrected chi connectivity index (χ2v) is 3.00. The molecule has 0 spiro atoms. The number of rotatable bonds is 5. The summed E-state index contributed by atoms with van der Waals surface area (Å²) in [4.78, 5) is 10.1. The molecule has 0 aromatic rings. The van der Waals surface area contributed by atoms with E-state index in [4.69, 9.17) is 20.4 Å². The molecule has 0 aliphatic rings. The minimum atomic E-state index is -2.18.